The zero-order valence-corrected chi connectivity index (χ0v) is 15.5. The van der Waals surface area contributed by atoms with Crippen LogP contribution in [-0.2, 0) is 6.54 Å². The van der Waals surface area contributed by atoms with Gasteiger partial charge < -0.3 is 9.88 Å². The minimum Gasteiger partial charge on any atom is -0.361 e. The van der Waals surface area contributed by atoms with E-state index in [4.69, 9.17) is 0 Å². The lowest BCUT2D eigenvalue weighted by atomic mass is 9.94. The van der Waals surface area contributed by atoms with Crippen molar-refractivity contribution in [3.05, 3.63) is 71.9 Å². The average Bonchev–Trinajstić information content (AvgIpc) is 3.00. The second kappa shape index (κ2) is 6.86. The first-order valence-electron chi connectivity index (χ1n) is 9.91. The summed E-state index contributed by atoms with van der Waals surface area (Å²) >= 11 is 0. The van der Waals surface area contributed by atoms with Crippen molar-refractivity contribution in [3.8, 4) is 0 Å². The largest absolute Gasteiger partial charge is 0.361 e. The number of fused-ring (bicyclic) bond motifs is 5. The van der Waals surface area contributed by atoms with E-state index >= 15 is 0 Å². The predicted octanol–water partition coefficient (Wildman–Crippen LogP) is 3.90. The summed E-state index contributed by atoms with van der Waals surface area (Å²) in [5.74, 6) is 0.758. The highest BCUT2D eigenvalue weighted by Crippen LogP contribution is 2.30. The van der Waals surface area contributed by atoms with Gasteiger partial charge in [0, 0.05) is 49.5 Å². The average molecular weight is 359 g/mol. The van der Waals surface area contributed by atoms with Gasteiger partial charge in [-0.15, -0.1) is 0 Å². The fourth-order valence-corrected chi connectivity index (χ4v) is 4.75. The van der Waals surface area contributed by atoms with Gasteiger partial charge in [-0.05, 0) is 47.9 Å². The van der Waals surface area contributed by atoms with E-state index in [0.29, 0.717) is 12.0 Å². The van der Waals surface area contributed by atoms with Crippen LogP contribution >= 0.6 is 0 Å². The van der Waals surface area contributed by atoms with Crippen LogP contribution in [0.2, 0.25) is 0 Å². The van der Waals surface area contributed by atoms with Crippen LogP contribution in [0.3, 0.4) is 0 Å². The van der Waals surface area contributed by atoms with Gasteiger partial charge in [-0.25, -0.2) is 0 Å². The maximum atomic E-state index is 13.3. The zero-order chi connectivity index (χ0) is 18.2. The van der Waals surface area contributed by atoms with Crippen LogP contribution in [0.5, 0.6) is 0 Å². The molecule has 3 saturated heterocycles. The third-order valence-corrected chi connectivity index (χ3v) is 6.10. The Hall–Kier alpha value is -2.59. The Bertz CT molecular complexity index is 948. The van der Waals surface area contributed by atoms with Crippen molar-refractivity contribution in [3.63, 3.8) is 0 Å². The van der Waals surface area contributed by atoms with Crippen LogP contribution in [0.1, 0.15) is 28.8 Å². The number of H-pyrrole nitrogens is 1. The van der Waals surface area contributed by atoms with Crippen molar-refractivity contribution >= 4 is 16.8 Å². The number of hydrogen-bond acceptors (Lipinski definition) is 2. The lowest BCUT2D eigenvalue weighted by Gasteiger charge is -2.36. The number of nitrogens with one attached hydrogen (secondary N) is 1. The Kier molecular flexibility index (Phi) is 4.21. The molecule has 3 aliphatic rings. The Balaban J connectivity index is 1.35. The minimum absolute atomic E-state index is 0.183. The molecule has 6 rings (SSSR count). The number of nitrogens with zero attached hydrogens (tertiary/aromatic N) is 2. The quantitative estimate of drug-likeness (QED) is 0.770. The number of amides is 1. The molecule has 4 heterocycles. The number of carbonyl (C=O) groups is 1. The number of rotatable bonds is 3. The summed E-state index contributed by atoms with van der Waals surface area (Å²) in [6.45, 7) is 3.93. The molecule has 3 aromatic rings. The summed E-state index contributed by atoms with van der Waals surface area (Å²) in [6.07, 6.45) is 4.27. The van der Waals surface area contributed by atoms with Crippen molar-refractivity contribution in [2.45, 2.75) is 25.4 Å². The fourth-order valence-electron chi connectivity index (χ4n) is 4.75. The van der Waals surface area contributed by atoms with E-state index in [-0.39, 0.29) is 5.91 Å². The molecule has 1 aromatic heterocycles. The highest BCUT2D eigenvalue weighted by Gasteiger charge is 2.37. The van der Waals surface area contributed by atoms with Gasteiger partial charge in [-0.3, -0.25) is 9.69 Å². The number of carbonyl (C=O) groups excluding carboxylic acids is 1. The van der Waals surface area contributed by atoms with E-state index in [9.17, 15) is 4.79 Å². The van der Waals surface area contributed by atoms with E-state index in [1.54, 1.807) is 0 Å². The van der Waals surface area contributed by atoms with Crippen molar-refractivity contribution in [1.82, 2.24) is 14.8 Å². The molecular formula is C23H25N3O. The summed E-state index contributed by atoms with van der Waals surface area (Å²) in [5.41, 5.74) is 3.19. The number of aromatic nitrogens is 1. The maximum absolute atomic E-state index is 13.3. The van der Waals surface area contributed by atoms with Gasteiger partial charge in [0.25, 0.3) is 5.91 Å². The predicted molar refractivity (Wildman–Crippen MR) is 108 cm³/mol. The number of aromatic amines is 1. The molecule has 1 N–H and O–H groups in total. The molecule has 138 valence electrons. The molecule has 4 heteroatoms. The van der Waals surface area contributed by atoms with E-state index in [1.165, 1.54) is 12.0 Å². The van der Waals surface area contributed by atoms with Crippen molar-refractivity contribution in [1.29, 1.82) is 0 Å². The lowest BCUT2D eigenvalue weighted by Crippen LogP contribution is -2.47. The van der Waals surface area contributed by atoms with Gasteiger partial charge in [-0.1, -0.05) is 36.4 Å². The second-order valence-corrected chi connectivity index (χ2v) is 8.01. The zero-order valence-electron chi connectivity index (χ0n) is 15.5. The molecule has 3 aliphatic heterocycles. The summed E-state index contributed by atoms with van der Waals surface area (Å²) < 4.78 is 0. The Morgan fingerprint density at radius 3 is 2.78 bits per heavy atom. The van der Waals surface area contributed by atoms with Gasteiger partial charge in [0.1, 0.15) is 0 Å². The van der Waals surface area contributed by atoms with E-state index in [1.807, 2.05) is 30.5 Å². The highest BCUT2D eigenvalue weighted by molar-refractivity contribution is 5.98. The van der Waals surface area contributed by atoms with Gasteiger partial charge in [0.15, 0.2) is 0 Å². The Morgan fingerprint density at radius 1 is 1.00 bits per heavy atom. The van der Waals surface area contributed by atoms with Crippen LogP contribution < -0.4 is 0 Å². The fraction of sp³-hybridized carbons (Fsp3) is 0.348. The summed E-state index contributed by atoms with van der Waals surface area (Å²) in [5, 5.41) is 1.15. The van der Waals surface area contributed by atoms with Crippen LogP contribution in [-0.4, -0.2) is 46.4 Å². The molecule has 0 spiro atoms. The molecule has 0 aliphatic carbocycles. The van der Waals surface area contributed by atoms with E-state index < -0.39 is 0 Å². The maximum Gasteiger partial charge on any atom is 0.254 e. The molecule has 2 atom stereocenters. The van der Waals surface area contributed by atoms with Gasteiger partial charge in [-0.2, -0.15) is 0 Å². The standard InChI is InChI=1S/C23H25N3O/c27-23(20-8-7-19-10-11-24-22(19)12-20)26-15-18-6-9-21(26)16-25(14-18)13-17-4-2-1-3-5-17/h1-5,7-8,10-12,18,21,24H,6,9,13-16H2/t18-,21+/m0/s1. The van der Waals surface area contributed by atoms with Crippen LogP contribution in [0.4, 0.5) is 0 Å². The molecule has 3 fully saturated rings. The van der Waals surface area contributed by atoms with E-state index in [0.717, 1.165) is 49.1 Å². The smallest absolute Gasteiger partial charge is 0.254 e. The highest BCUT2D eigenvalue weighted by atomic mass is 16.2. The van der Waals surface area contributed by atoms with Crippen LogP contribution in [0.25, 0.3) is 10.9 Å². The third kappa shape index (κ3) is 3.26. The molecular weight excluding hydrogens is 334 g/mol. The van der Waals surface area contributed by atoms with Gasteiger partial charge >= 0.3 is 0 Å². The van der Waals surface area contributed by atoms with Crippen LogP contribution in [0.15, 0.2) is 60.8 Å². The normalized spacial score (nSPS) is 22.9. The second-order valence-electron chi connectivity index (χ2n) is 8.01. The first-order valence-corrected chi connectivity index (χ1v) is 9.91. The summed E-state index contributed by atoms with van der Waals surface area (Å²) in [4.78, 5) is 21.2. The van der Waals surface area contributed by atoms with Crippen molar-refractivity contribution < 1.29 is 4.79 Å². The molecule has 0 unspecified atom stereocenters. The molecule has 0 saturated carbocycles. The SMILES string of the molecule is O=C(c1ccc2cc[nH]c2c1)N1C[C@H]2CC[C@@H]1CN(Cc1ccccc1)C2. The number of benzene rings is 2. The minimum atomic E-state index is 0.183. The first-order chi connectivity index (χ1) is 13.3. The first kappa shape index (κ1) is 16.6. The van der Waals surface area contributed by atoms with Crippen LogP contribution in [0, 0.1) is 5.92 Å². The Labute approximate surface area is 159 Å². The monoisotopic (exact) mass is 359 g/mol. The van der Waals surface area contributed by atoms with Crippen molar-refractivity contribution in [2.75, 3.05) is 19.6 Å². The molecule has 27 heavy (non-hydrogen) atoms. The number of piperidine rings is 1. The number of hydrogen-bond donors (Lipinski definition) is 1. The topological polar surface area (TPSA) is 39.3 Å². The Morgan fingerprint density at radius 2 is 1.89 bits per heavy atom. The molecule has 4 nitrogen and oxygen atoms in total. The summed E-state index contributed by atoms with van der Waals surface area (Å²) in [6, 6.07) is 19.0. The molecule has 0 radical (unpaired) electrons. The van der Waals surface area contributed by atoms with Gasteiger partial charge in [0.05, 0.1) is 0 Å². The molecule has 2 aromatic carbocycles. The van der Waals surface area contributed by atoms with E-state index in [2.05, 4.69) is 45.1 Å². The van der Waals surface area contributed by atoms with Gasteiger partial charge in [0.2, 0.25) is 0 Å². The summed E-state index contributed by atoms with van der Waals surface area (Å²) in [7, 11) is 0. The molecule has 2 bridgehead atoms. The third-order valence-electron chi connectivity index (χ3n) is 6.10. The molecule has 1 amide bonds. The van der Waals surface area contributed by atoms with Crippen molar-refractivity contribution in [2.24, 2.45) is 5.92 Å². The lowest BCUT2D eigenvalue weighted by molar-refractivity contribution is 0.0585.